The van der Waals surface area contributed by atoms with E-state index in [0.717, 1.165) is 33.4 Å². The van der Waals surface area contributed by atoms with Crippen LogP contribution in [0.5, 0.6) is 0 Å². The molecule has 1 aliphatic heterocycles. The molecule has 0 fully saturated rings. The summed E-state index contributed by atoms with van der Waals surface area (Å²) in [6, 6.07) is 11.0. The molecular formula is C21H22BrN3O3. The van der Waals surface area contributed by atoms with Crippen LogP contribution in [0, 0.1) is 6.92 Å². The Hall–Kier alpha value is -2.67. The van der Waals surface area contributed by atoms with Gasteiger partial charge >= 0.3 is 0 Å². The summed E-state index contributed by atoms with van der Waals surface area (Å²) in [5, 5.41) is 5.63. The van der Waals surface area contributed by atoms with E-state index >= 15 is 0 Å². The number of halogens is 1. The van der Waals surface area contributed by atoms with Gasteiger partial charge in [-0.25, -0.2) is 0 Å². The van der Waals surface area contributed by atoms with Crippen LogP contribution < -0.4 is 15.5 Å². The van der Waals surface area contributed by atoms with Crippen LogP contribution in [0.4, 0.5) is 11.4 Å². The van der Waals surface area contributed by atoms with Gasteiger partial charge in [0.2, 0.25) is 11.8 Å². The second-order valence-electron chi connectivity index (χ2n) is 6.78. The number of nitrogens with one attached hydrogen (secondary N) is 2. The average molecular weight is 444 g/mol. The predicted octanol–water partition coefficient (Wildman–Crippen LogP) is 3.43. The SMILES string of the molecule is CC(=O)N1CCc2cc(C(=O)NCCC(=O)Nc3cc(Br)ccc3C)ccc21. The van der Waals surface area contributed by atoms with Gasteiger partial charge in [-0.3, -0.25) is 14.4 Å². The fraction of sp³-hybridized carbons (Fsp3) is 0.286. The van der Waals surface area contributed by atoms with Crippen LogP contribution in [-0.4, -0.2) is 30.8 Å². The number of fused-ring (bicyclic) bond motifs is 1. The molecule has 146 valence electrons. The van der Waals surface area contributed by atoms with Crippen LogP contribution in [0.15, 0.2) is 40.9 Å². The molecule has 3 rings (SSSR count). The number of aryl methyl sites for hydroxylation is 1. The van der Waals surface area contributed by atoms with Crippen molar-refractivity contribution < 1.29 is 14.4 Å². The number of amides is 3. The molecule has 0 unspecified atom stereocenters. The summed E-state index contributed by atoms with van der Waals surface area (Å²) in [6.45, 7) is 4.35. The monoisotopic (exact) mass is 443 g/mol. The Morgan fingerprint density at radius 1 is 1.14 bits per heavy atom. The molecule has 2 aromatic rings. The molecule has 7 heteroatoms. The fourth-order valence-corrected chi connectivity index (χ4v) is 3.56. The normalized spacial score (nSPS) is 12.5. The van der Waals surface area contributed by atoms with E-state index in [-0.39, 0.29) is 30.7 Å². The molecule has 0 spiro atoms. The highest BCUT2D eigenvalue weighted by Crippen LogP contribution is 2.28. The summed E-state index contributed by atoms with van der Waals surface area (Å²) in [5.74, 6) is -0.384. The van der Waals surface area contributed by atoms with Crippen molar-refractivity contribution in [3.63, 3.8) is 0 Å². The fourth-order valence-electron chi connectivity index (χ4n) is 3.20. The first-order chi connectivity index (χ1) is 13.3. The maximum atomic E-state index is 12.4. The first-order valence-electron chi connectivity index (χ1n) is 9.10. The van der Waals surface area contributed by atoms with Gasteiger partial charge in [0.05, 0.1) is 0 Å². The average Bonchev–Trinajstić information content (AvgIpc) is 3.08. The largest absolute Gasteiger partial charge is 0.352 e. The van der Waals surface area contributed by atoms with Gasteiger partial charge in [0.25, 0.3) is 5.91 Å². The Kier molecular flexibility index (Phi) is 6.14. The third-order valence-corrected chi connectivity index (χ3v) is 5.22. The van der Waals surface area contributed by atoms with Gasteiger partial charge in [0.1, 0.15) is 0 Å². The molecule has 1 aliphatic rings. The molecular weight excluding hydrogens is 422 g/mol. The summed E-state index contributed by atoms with van der Waals surface area (Å²) in [5.41, 5.74) is 4.11. The molecule has 3 amide bonds. The zero-order valence-electron chi connectivity index (χ0n) is 15.8. The van der Waals surface area contributed by atoms with Crippen LogP contribution in [-0.2, 0) is 16.0 Å². The van der Waals surface area contributed by atoms with Gasteiger partial charge in [-0.1, -0.05) is 22.0 Å². The molecule has 2 aromatic carbocycles. The van der Waals surface area contributed by atoms with E-state index in [1.54, 1.807) is 17.0 Å². The molecule has 0 bridgehead atoms. The van der Waals surface area contributed by atoms with Crippen molar-refractivity contribution in [3.8, 4) is 0 Å². The van der Waals surface area contributed by atoms with Crippen molar-refractivity contribution in [2.75, 3.05) is 23.3 Å². The van der Waals surface area contributed by atoms with Gasteiger partial charge in [-0.2, -0.15) is 0 Å². The van der Waals surface area contributed by atoms with E-state index in [1.807, 2.05) is 31.2 Å². The smallest absolute Gasteiger partial charge is 0.251 e. The third kappa shape index (κ3) is 4.59. The molecule has 6 nitrogen and oxygen atoms in total. The van der Waals surface area contributed by atoms with E-state index in [4.69, 9.17) is 0 Å². The quantitative estimate of drug-likeness (QED) is 0.742. The molecule has 0 atom stereocenters. The van der Waals surface area contributed by atoms with Crippen LogP contribution in [0.25, 0.3) is 0 Å². The first kappa shape index (κ1) is 20.1. The number of anilines is 2. The zero-order chi connectivity index (χ0) is 20.3. The molecule has 0 saturated heterocycles. The second-order valence-corrected chi connectivity index (χ2v) is 7.69. The Bertz CT molecular complexity index is 942. The number of carbonyl (C=O) groups excluding carboxylic acids is 3. The zero-order valence-corrected chi connectivity index (χ0v) is 17.4. The van der Waals surface area contributed by atoms with Gasteiger partial charge in [-0.05, 0) is 54.8 Å². The second kappa shape index (κ2) is 8.56. The van der Waals surface area contributed by atoms with Crippen LogP contribution in [0.2, 0.25) is 0 Å². The van der Waals surface area contributed by atoms with Crippen molar-refractivity contribution in [2.24, 2.45) is 0 Å². The predicted molar refractivity (Wildman–Crippen MR) is 113 cm³/mol. The number of nitrogens with zero attached hydrogens (tertiary/aromatic N) is 1. The summed E-state index contributed by atoms with van der Waals surface area (Å²) in [6.07, 6.45) is 0.922. The standard InChI is InChI=1S/C21H22BrN3O3/c1-13-3-5-17(22)12-18(13)24-20(27)7-9-23-21(28)16-4-6-19-15(11-16)8-10-25(19)14(2)26/h3-6,11-12H,7-10H2,1-2H3,(H,23,28)(H,24,27). The van der Waals surface area contributed by atoms with Crippen molar-refractivity contribution >= 4 is 45.0 Å². The van der Waals surface area contributed by atoms with Gasteiger partial charge in [-0.15, -0.1) is 0 Å². The third-order valence-electron chi connectivity index (χ3n) is 4.73. The molecule has 0 aromatic heterocycles. The molecule has 28 heavy (non-hydrogen) atoms. The van der Waals surface area contributed by atoms with Crippen molar-refractivity contribution in [1.82, 2.24) is 5.32 Å². The first-order valence-corrected chi connectivity index (χ1v) is 9.89. The highest BCUT2D eigenvalue weighted by molar-refractivity contribution is 9.10. The van der Waals surface area contributed by atoms with Crippen LogP contribution in [0.1, 0.15) is 34.8 Å². The lowest BCUT2D eigenvalue weighted by Gasteiger charge is -2.14. The van der Waals surface area contributed by atoms with Crippen molar-refractivity contribution in [3.05, 3.63) is 57.6 Å². The lowest BCUT2D eigenvalue weighted by molar-refractivity contribution is -0.117. The Morgan fingerprint density at radius 2 is 1.93 bits per heavy atom. The van der Waals surface area contributed by atoms with E-state index < -0.39 is 0 Å². The summed E-state index contributed by atoms with van der Waals surface area (Å²) in [7, 11) is 0. The lowest BCUT2D eigenvalue weighted by Crippen LogP contribution is -2.28. The molecule has 1 heterocycles. The number of carbonyl (C=O) groups is 3. The number of hydrogen-bond donors (Lipinski definition) is 2. The topological polar surface area (TPSA) is 78.5 Å². The number of rotatable bonds is 5. The Labute approximate surface area is 172 Å². The van der Waals surface area contributed by atoms with Crippen molar-refractivity contribution in [1.29, 1.82) is 0 Å². The van der Waals surface area contributed by atoms with E-state index in [2.05, 4.69) is 26.6 Å². The number of hydrogen-bond acceptors (Lipinski definition) is 3. The minimum absolute atomic E-state index is 0.00245. The van der Waals surface area contributed by atoms with Gasteiger partial charge in [0, 0.05) is 47.8 Å². The van der Waals surface area contributed by atoms with E-state index in [1.165, 1.54) is 6.92 Å². The van der Waals surface area contributed by atoms with Gasteiger partial charge in [0.15, 0.2) is 0 Å². The number of benzene rings is 2. The maximum Gasteiger partial charge on any atom is 0.251 e. The molecule has 0 aliphatic carbocycles. The van der Waals surface area contributed by atoms with Gasteiger partial charge < -0.3 is 15.5 Å². The van der Waals surface area contributed by atoms with E-state index in [9.17, 15) is 14.4 Å². The lowest BCUT2D eigenvalue weighted by atomic mass is 10.1. The minimum atomic E-state index is -0.226. The molecule has 2 N–H and O–H groups in total. The molecule has 0 radical (unpaired) electrons. The summed E-state index contributed by atoms with van der Waals surface area (Å²) in [4.78, 5) is 37.8. The van der Waals surface area contributed by atoms with Crippen LogP contribution >= 0.6 is 15.9 Å². The maximum absolute atomic E-state index is 12.4. The van der Waals surface area contributed by atoms with Crippen LogP contribution in [0.3, 0.4) is 0 Å². The summed E-state index contributed by atoms with van der Waals surface area (Å²) >= 11 is 3.39. The highest BCUT2D eigenvalue weighted by Gasteiger charge is 2.23. The Balaban J connectivity index is 1.53. The highest BCUT2D eigenvalue weighted by atomic mass is 79.9. The molecule has 0 saturated carbocycles. The minimum Gasteiger partial charge on any atom is -0.352 e. The van der Waals surface area contributed by atoms with E-state index in [0.29, 0.717) is 12.1 Å². The summed E-state index contributed by atoms with van der Waals surface area (Å²) < 4.78 is 0.890. The Morgan fingerprint density at radius 3 is 2.68 bits per heavy atom. The van der Waals surface area contributed by atoms with Crippen molar-refractivity contribution in [2.45, 2.75) is 26.7 Å².